The highest BCUT2D eigenvalue weighted by Crippen LogP contribution is 2.36. The molecule has 0 radical (unpaired) electrons. The predicted octanol–water partition coefficient (Wildman–Crippen LogP) is 4.43. The molecule has 0 amide bonds. The third-order valence-corrected chi connectivity index (χ3v) is 6.45. The Labute approximate surface area is 172 Å². The van der Waals surface area contributed by atoms with Gasteiger partial charge in [-0.3, -0.25) is 0 Å². The maximum atomic E-state index is 13.3. The highest BCUT2D eigenvalue weighted by Gasteiger charge is 2.36. The summed E-state index contributed by atoms with van der Waals surface area (Å²) < 4.78 is 67.7. The summed E-state index contributed by atoms with van der Waals surface area (Å²) in [6.45, 7) is -0.807. The number of aliphatic hydroxyl groups excluding tert-OH is 1. The molecule has 2 aromatic rings. The van der Waals surface area contributed by atoms with Crippen molar-refractivity contribution in [2.45, 2.75) is 18.6 Å². The molecule has 0 aliphatic heterocycles. The first-order valence-corrected chi connectivity index (χ1v) is 11.0. The normalized spacial score (nSPS) is 13.6. The highest BCUT2D eigenvalue weighted by atomic mass is 79.9. The first kappa shape index (κ1) is 22.4. The van der Waals surface area contributed by atoms with Gasteiger partial charge in [0.1, 0.15) is 0 Å². The molecule has 2 rings (SSSR count). The van der Waals surface area contributed by atoms with Crippen molar-refractivity contribution < 1.29 is 26.7 Å². The molecule has 0 aliphatic rings. The molecule has 0 fully saturated rings. The zero-order chi connectivity index (χ0) is 20.2. The van der Waals surface area contributed by atoms with Gasteiger partial charge in [-0.15, -0.1) is 0 Å². The van der Waals surface area contributed by atoms with Crippen molar-refractivity contribution in [1.29, 1.82) is 0 Å². The van der Waals surface area contributed by atoms with E-state index in [0.29, 0.717) is 0 Å². The Hall–Kier alpha value is -0.940. The van der Waals surface area contributed by atoms with Crippen LogP contribution in [0.3, 0.4) is 0 Å². The van der Waals surface area contributed by atoms with Gasteiger partial charge >= 0.3 is 6.18 Å². The number of benzene rings is 2. The first-order chi connectivity index (χ1) is 12.5. The van der Waals surface area contributed by atoms with Crippen LogP contribution in [0.4, 0.5) is 13.2 Å². The van der Waals surface area contributed by atoms with Crippen molar-refractivity contribution in [2.24, 2.45) is 0 Å². The number of hydrogen-bond donors (Lipinski definition) is 2. The van der Waals surface area contributed by atoms with Crippen LogP contribution in [0.15, 0.2) is 51.4 Å². The molecular formula is C17H16Br2F3NO3S. The summed E-state index contributed by atoms with van der Waals surface area (Å²) in [6.07, 6.45) is -4.52. The van der Waals surface area contributed by atoms with Crippen LogP contribution < -0.4 is 4.72 Å². The van der Waals surface area contributed by atoms with Gasteiger partial charge in [-0.05, 0) is 35.7 Å². The maximum absolute atomic E-state index is 13.3. The Balaban J connectivity index is 2.22. The van der Waals surface area contributed by atoms with Crippen LogP contribution in [0.2, 0.25) is 0 Å². The van der Waals surface area contributed by atoms with Crippen LogP contribution >= 0.6 is 31.9 Å². The van der Waals surface area contributed by atoms with Gasteiger partial charge in [0.15, 0.2) is 0 Å². The van der Waals surface area contributed by atoms with Crippen molar-refractivity contribution in [3.63, 3.8) is 0 Å². The lowest BCUT2D eigenvalue weighted by molar-refractivity contribution is -0.138. The number of alkyl halides is 3. The van der Waals surface area contributed by atoms with Crippen LogP contribution in [0.5, 0.6) is 0 Å². The lowest BCUT2D eigenvalue weighted by Gasteiger charge is -2.21. The fraction of sp³-hybridized carbons (Fsp3) is 0.294. The molecule has 1 unspecified atom stereocenters. The molecule has 0 heterocycles. The molecule has 4 nitrogen and oxygen atoms in total. The van der Waals surface area contributed by atoms with E-state index in [4.69, 9.17) is 0 Å². The summed E-state index contributed by atoms with van der Waals surface area (Å²) in [4.78, 5) is 0. The van der Waals surface area contributed by atoms with Crippen molar-refractivity contribution >= 4 is 41.9 Å². The molecule has 2 N–H and O–H groups in total. The summed E-state index contributed by atoms with van der Waals surface area (Å²) in [5, 5.41) is 9.52. The molecule has 0 saturated heterocycles. The van der Waals surface area contributed by atoms with Gasteiger partial charge < -0.3 is 5.11 Å². The van der Waals surface area contributed by atoms with Crippen molar-refractivity contribution in [3.05, 3.63) is 68.1 Å². The Morgan fingerprint density at radius 1 is 1.11 bits per heavy atom. The average molecular weight is 531 g/mol. The number of aryl methyl sites for hydroxylation is 1. The quantitative estimate of drug-likeness (QED) is 0.556. The molecule has 0 spiro atoms. The van der Waals surface area contributed by atoms with Crippen LogP contribution in [0.25, 0.3) is 0 Å². The molecule has 10 heteroatoms. The summed E-state index contributed by atoms with van der Waals surface area (Å²) in [5.74, 6) is -0.329. The maximum Gasteiger partial charge on any atom is 0.416 e. The number of aliphatic hydroxyl groups is 1. The summed E-state index contributed by atoms with van der Waals surface area (Å²) in [7, 11) is -3.94. The van der Waals surface area contributed by atoms with Crippen molar-refractivity contribution in [2.75, 3.05) is 12.4 Å². The Bertz CT molecular complexity index is 905. The monoisotopic (exact) mass is 529 g/mol. The van der Waals surface area contributed by atoms with E-state index in [1.807, 2.05) is 0 Å². The number of nitrogens with one attached hydrogen (secondary N) is 1. The second kappa shape index (κ2) is 9.04. The minimum absolute atomic E-state index is 0.168. The molecular weight excluding hydrogens is 515 g/mol. The molecule has 0 aromatic heterocycles. The third-order valence-electron chi connectivity index (χ3n) is 3.80. The molecule has 27 heavy (non-hydrogen) atoms. The van der Waals surface area contributed by atoms with E-state index < -0.39 is 34.4 Å². The number of sulfonamides is 1. The Morgan fingerprint density at radius 3 is 2.37 bits per heavy atom. The van der Waals surface area contributed by atoms with Gasteiger partial charge in [0, 0.05) is 8.95 Å². The lowest BCUT2D eigenvalue weighted by Crippen LogP contribution is -2.34. The number of halogens is 5. The topological polar surface area (TPSA) is 66.4 Å². The third kappa shape index (κ3) is 6.28. The molecule has 0 aliphatic carbocycles. The summed E-state index contributed by atoms with van der Waals surface area (Å²) in [6, 6.07) is 9.02. The molecule has 0 bridgehead atoms. The first-order valence-electron chi connectivity index (χ1n) is 7.74. The smallest absolute Gasteiger partial charge is 0.394 e. The van der Waals surface area contributed by atoms with E-state index in [2.05, 4.69) is 36.6 Å². The van der Waals surface area contributed by atoms with E-state index in [-0.39, 0.29) is 22.2 Å². The number of hydrogen-bond acceptors (Lipinski definition) is 3. The Kier molecular flexibility index (Phi) is 7.48. The van der Waals surface area contributed by atoms with Crippen LogP contribution in [0.1, 0.15) is 22.7 Å². The zero-order valence-corrected chi connectivity index (χ0v) is 17.8. The van der Waals surface area contributed by atoms with E-state index in [9.17, 15) is 26.7 Å². The van der Waals surface area contributed by atoms with Gasteiger partial charge in [0.25, 0.3) is 0 Å². The standard InChI is InChI=1S/C17H16Br2F3NO3S/c18-12-5-6-13(14(9-12)17(20,21)22)16(10-24)23-27(25,26)8-7-11-3-1-2-4-15(11)19/h1-6,9,16,23-24H,7-8,10H2. The largest absolute Gasteiger partial charge is 0.416 e. The molecule has 0 saturated carbocycles. The summed E-state index contributed by atoms with van der Waals surface area (Å²) in [5.41, 5.74) is -0.592. The van der Waals surface area contributed by atoms with E-state index in [1.54, 1.807) is 24.3 Å². The predicted molar refractivity (Wildman–Crippen MR) is 104 cm³/mol. The van der Waals surface area contributed by atoms with Gasteiger partial charge in [-0.2, -0.15) is 13.2 Å². The number of rotatable bonds is 7. The van der Waals surface area contributed by atoms with Crippen molar-refractivity contribution in [3.8, 4) is 0 Å². The fourth-order valence-electron chi connectivity index (χ4n) is 2.50. The summed E-state index contributed by atoms with van der Waals surface area (Å²) >= 11 is 6.29. The molecule has 1 atom stereocenters. The minimum Gasteiger partial charge on any atom is -0.394 e. The SMILES string of the molecule is O=S(=O)(CCc1ccccc1Br)NC(CO)c1ccc(Br)cc1C(F)(F)F. The Morgan fingerprint density at radius 2 is 1.78 bits per heavy atom. The second-order valence-electron chi connectivity index (χ2n) is 5.74. The van der Waals surface area contributed by atoms with Gasteiger partial charge in [0.2, 0.25) is 10.0 Å². The van der Waals surface area contributed by atoms with E-state index in [1.165, 1.54) is 6.07 Å². The van der Waals surface area contributed by atoms with Gasteiger partial charge in [-0.25, -0.2) is 13.1 Å². The fourth-order valence-corrected chi connectivity index (χ4v) is 4.58. The average Bonchev–Trinajstić information content (AvgIpc) is 2.58. The lowest BCUT2D eigenvalue weighted by atomic mass is 10.0. The minimum atomic E-state index is -4.69. The van der Waals surface area contributed by atoms with Gasteiger partial charge in [0.05, 0.1) is 24.0 Å². The van der Waals surface area contributed by atoms with Crippen LogP contribution in [0, 0.1) is 0 Å². The van der Waals surface area contributed by atoms with Crippen molar-refractivity contribution in [1.82, 2.24) is 4.72 Å². The van der Waals surface area contributed by atoms with Crippen LogP contribution in [-0.4, -0.2) is 25.9 Å². The second-order valence-corrected chi connectivity index (χ2v) is 9.39. The highest BCUT2D eigenvalue weighted by molar-refractivity contribution is 9.10. The van der Waals surface area contributed by atoms with E-state index >= 15 is 0 Å². The molecule has 148 valence electrons. The zero-order valence-electron chi connectivity index (χ0n) is 13.8. The van der Waals surface area contributed by atoms with Crippen LogP contribution in [-0.2, 0) is 22.6 Å². The molecule has 2 aromatic carbocycles. The van der Waals surface area contributed by atoms with Gasteiger partial charge in [-0.1, -0.05) is 56.1 Å². The van der Waals surface area contributed by atoms with E-state index in [0.717, 1.165) is 22.2 Å².